The minimum atomic E-state index is -0.295. The van der Waals surface area contributed by atoms with Gasteiger partial charge in [-0.05, 0) is 12.1 Å². The summed E-state index contributed by atoms with van der Waals surface area (Å²) in [6, 6.07) is 2.91. The number of thiophene rings is 1. The number of hydrogen-bond acceptors (Lipinski definition) is 2. The second-order valence-electron chi connectivity index (χ2n) is 2.36. The van der Waals surface area contributed by atoms with Crippen LogP contribution >= 0.6 is 22.9 Å². The summed E-state index contributed by atoms with van der Waals surface area (Å²) in [5.74, 6) is -0.303. The molecule has 2 rings (SSSR count). The van der Waals surface area contributed by atoms with Crippen molar-refractivity contribution in [1.29, 1.82) is 0 Å². The number of halogens is 2. The van der Waals surface area contributed by atoms with Crippen molar-refractivity contribution in [2.24, 2.45) is 0 Å². The van der Waals surface area contributed by atoms with E-state index in [-0.39, 0.29) is 16.6 Å². The van der Waals surface area contributed by atoms with E-state index < -0.39 is 0 Å². The summed E-state index contributed by atoms with van der Waals surface area (Å²) in [7, 11) is 0. The lowest BCUT2D eigenvalue weighted by Crippen LogP contribution is -1.71. The Kier molecular flexibility index (Phi) is 1.70. The Labute approximate surface area is 77.0 Å². The number of aromatic hydroxyl groups is 1. The molecule has 62 valence electrons. The quantitative estimate of drug-likeness (QED) is 0.694. The molecule has 2 aromatic rings. The molecule has 0 atom stereocenters. The van der Waals surface area contributed by atoms with Crippen molar-refractivity contribution >= 4 is 33.0 Å². The average molecular weight is 203 g/mol. The first kappa shape index (κ1) is 7.83. The molecule has 0 amide bonds. The summed E-state index contributed by atoms with van der Waals surface area (Å²) >= 11 is 6.92. The molecule has 0 spiro atoms. The van der Waals surface area contributed by atoms with Crippen molar-refractivity contribution in [2.45, 2.75) is 0 Å². The maximum atomic E-state index is 12.9. The first-order valence-corrected chi connectivity index (χ1v) is 4.50. The largest absolute Gasteiger partial charge is 0.506 e. The van der Waals surface area contributed by atoms with Gasteiger partial charge in [-0.3, -0.25) is 0 Å². The van der Waals surface area contributed by atoms with Gasteiger partial charge >= 0.3 is 0 Å². The molecule has 0 radical (unpaired) electrons. The van der Waals surface area contributed by atoms with Crippen LogP contribution < -0.4 is 0 Å². The van der Waals surface area contributed by atoms with Crippen molar-refractivity contribution in [3.63, 3.8) is 0 Å². The topological polar surface area (TPSA) is 20.2 Å². The third kappa shape index (κ3) is 0.974. The minimum Gasteiger partial charge on any atom is -0.506 e. The minimum absolute atomic E-state index is 0.00832. The van der Waals surface area contributed by atoms with Gasteiger partial charge in [0.1, 0.15) is 16.6 Å². The fourth-order valence-electron chi connectivity index (χ4n) is 1.02. The van der Waals surface area contributed by atoms with E-state index in [4.69, 9.17) is 11.6 Å². The molecule has 0 saturated heterocycles. The molecule has 0 saturated carbocycles. The second-order valence-corrected chi connectivity index (χ2v) is 3.62. The van der Waals surface area contributed by atoms with Crippen LogP contribution in [-0.4, -0.2) is 5.11 Å². The van der Waals surface area contributed by atoms with Gasteiger partial charge in [-0.15, -0.1) is 11.3 Å². The molecule has 0 aliphatic carbocycles. The number of phenolic OH excluding ortho intramolecular Hbond substituents is 1. The van der Waals surface area contributed by atoms with E-state index in [1.165, 1.54) is 28.8 Å². The molecule has 1 nitrogen and oxygen atoms in total. The van der Waals surface area contributed by atoms with E-state index in [0.717, 1.165) is 0 Å². The van der Waals surface area contributed by atoms with Crippen LogP contribution in [0.1, 0.15) is 0 Å². The molecule has 0 bridgehead atoms. The Morgan fingerprint density at radius 2 is 2.17 bits per heavy atom. The van der Waals surface area contributed by atoms with Crippen LogP contribution in [0.15, 0.2) is 17.5 Å². The van der Waals surface area contributed by atoms with Gasteiger partial charge in [0.15, 0.2) is 0 Å². The van der Waals surface area contributed by atoms with Gasteiger partial charge in [-0.1, -0.05) is 11.6 Å². The highest BCUT2D eigenvalue weighted by molar-refractivity contribution is 7.18. The van der Waals surface area contributed by atoms with Gasteiger partial charge in [0.25, 0.3) is 0 Å². The summed E-state index contributed by atoms with van der Waals surface area (Å²) in [5, 5.41) is 11.2. The Balaban J connectivity index is 2.93. The maximum absolute atomic E-state index is 12.9. The van der Waals surface area contributed by atoms with E-state index >= 15 is 0 Å². The first-order chi connectivity index (χ1) is 5.70. The van der Waals surface area contributed by atoms with Gasteiger partial charge < -0.3 is 5.11 Å². The lowest BCUT2D eigenvalue weighted by molar-refractivity contribution is 0.476. The lowest BCUT2D eigenvalue weighted by Gasteiger charge is -1.96. The SMILES string of the molecule is Oc1ccc2c(F)csc2c1Cl. The zero-order chi connectivity index (χ0) is 8.72. The zero-order valence-corrected chi connectivity index (χ0v) is 7.42. The van der Waals surface area contributed by atoms with E-state index in [9.17, 15) is 9.50 Å². The van der Waals surface area contributed by atoms with Crippen molar-refractivity contribution in [3.05, 3.63) is 28.4 Å². The van der Waals surface area contributed by atoms with Crippen LogP contribution in [0.25, 0.3) is 10.1 Å². The molecular formula is C8H4ClFOS. The molecule has 0 aliphatic heterocycles. The summed E-state index contributed by atoms with van der Waals surface area (Å²) in [5.41, 5.74) is 0. The molecule has 1 aromatic carbocycles. The number of fused-ring (bicyclic) bond motifs is 1. The molecule has 0 fully saturated rings. The highest BCUT2D eigenvalue weighted by Gasteiger charge is 2.09. The van der Waals surface area contributed by atoms with Gasteiger partial charge in [-0.2, -0.15) is 0 Å². The fraction of sp³-hybridized carbons (Fsp3) is 0. The molecule has 0 aliphatic rings. The summed E-state index contributed by atoms with van der Waals surface area (Å²) in [4.78, 5) is 0. The van der Waals surface area contributed by atoms with Crippen LogP contribution in [0.4, 0.5) is 4.39 Å². The van der Waals surface area contributed by atoms with Crippen LogP contribution in [-0.2, 0) is 0 Å². The monoisotopic (exact) mass is 202 g/mol. The highest BCUT2D eigenvalue weighted by Crippen LogP contribution is 2.36. The standard InChI is InChI=1S/C8H4ClFOS/c9-7-6(11)2-1-4-5(10)3-12-8(4)7/h1-3,11H. The predicted molar refractivity (Wildman–Crippen MR) is 48.5 cm³/mol. The third-order valence-electron chi connectivity index (χ3n) is 1.61. The summed E-state index contributed by atoms with van der Waals surface area (Å²) in [6.07, 6.45) is 0. The summed E-state index contributed by atoms with van der Waals surface area (Å²) in [6.45, 7) is 0. The first-order valence-electron chi connectivity index (χ1n) is 3.24. The third-order valence-corrected chi connectivity index (χ3v) is 3.09. The Morgan fingerprint density at radius 1 is 1.42 bits per heavy atom. The lowest BCUT2D eigenvalue weighted by atomic mass is 10.2. The van der Waals surface area contributed by atoms with E-state index in [1.54, 1.807) is 0 Å². The van der Waals surface area contributed by atoms with Crippen molar-refractivity contribution in [1.82, 2.24) is 0 Å². The zero-order valence-electron chi connectivity index (χ0n) is 5.84. The highest BCUT2D eigenvalue weighted by atomic mass is 35.5. The van der Waals surface area contributed by atoms with Crippen LogP contribution in [0, 0.1) is 5.82 Å². The molecule has 12 heavy (non-hydrogen) atoms. The number of benzene rings is 1. The smallest absolute Gasteiger partial charge is 0.141 e. The number of rotatable bonds is 0. The Bertz CT molecular complexity index is 438. The second kappa shape index (κ2) is 2.61. The van der Waals surface area contributed by atoms with Crippen molar-refractivity contribution in [3.8, 4) is 5.75 Å². The number of phenols is 1. The van der Waals surface area contributed by atoms with Gasteiger partial charge in [0, 0.05) is 10.8 Å². The Morgan fingerprint density at radius 3 is 2.92 bits per heavy atom. The van der Waals surface area contributed by atoms with Crippen molar-refractivity contribution < 1.29 is 9.50 Å². The van der Waals surface area contributed by atoms with Crippen LogP contribution in [0.3, 0.4) is 0 Å². The van der Waals surface area contributed by atoms with E-state index in [1.807, 2.05) is 0 Å². The molecule has 1 aromatic heterocycles. The van der Waals surface area contributed by atoms with Gasteiger partial charge in [-0.25, -0.2) is 4.39 Å². The molecular weight excluding hydrogens is 199 g/mol. The van der Waals surface area contributed by atoms with Crippen LogP contribution in [0.5, 0.6) is 5.75 Å². The molecule has 0 unspecified atom stereocenters. The van der Waals surface area contributed by atoms with E-state index in [2.05, 4.69) is 0 Å². The van der Waals surface area contributed by atoms with Gasteiger partial charge in [0.05, 0.1) is 4.70 Å². The predicted octanol–water partition coefficient (Wildman–Crippen LogP) is 3.40. The average Bonchev–Trinajstić information content (AvgIpc) is 2.41. The fourth-order valence-corrected chi connectivity index (χ4v) is 2.17. The van der Waals surface area contributed by atoms with Crippen LogP contribution in [0.2, 0.25) is 5.02 Å². The van der Waals surface area contributed by atoms with E-state index in [0.29, 0.717) is 10.1 Å². The van der Waals surface area contributed by atoms with Crippen molar-refractivity contribution in [2.75, 3.05) is 0 Å². The molecule has 1 heterocycles. The maximum Gasteiger partial charge on any atom is 0.141 e. The molecule has 4 heteroatoms. The van der Waals surface area contributed by atoms with Gasteiger partial charge in [0.2, 0.25) is 0 Å². The normalized spacial score (nSPS) is 10.8. The summed E-state index contributed by atoms with van der Waals surface area (Å²) < 4.78 is 13.5. The molecule has 1 N–H and O–H groups in total. The number of hydrogen-bond donors (Lipinski definition) is 1. The Hall–Kier alpha value is -0.800.